The van der Waals surface area contributed by atoms with Crippen molar-refractivity contribution in [1.29, 1.82) is 0 Å². The summed E-state index contributed by atoms with van der Waals surface area (Å²) in [6, 6.07) is 7.34. The first kappa shape index (κ1) is 16.1. The molecule has 1 N–H and O–H groups in total. The molecule has 3 heterocycles. The van der Waals surface area contributed by atoms with Crippen molar-refractivity contribution >= 4 is 28.8 Å². The van der Waals surface area contributed by atoms with Crippen molar-refractivity contribution in [2.75, 3.05) is 38.1 Å². The number of nitrogens with zero attached hydrogens (tertiary/aromatic N) is 2. The van der Waals surface area contributed by atoms with E-state index in [1.54, 1.807) is 29.5 Å². The van der Waals surface area contributed by atoms with Crippen LogP contribution in [0.3, 0.4) is 0 Å². The average molecular weight is 357 g/mol. The van der Waals surface area contributed by atoms with Gasteiger partial charge in [-0.25, -0.2) is 0 Å². The number of piperazine rings is 1. The predicted molar refractivity (Wildman–Crippen MR) is 96.1 cm³/mol. The number of carbonyl (C=O) groups excluding carboxylic acids is 2. The van der Waals surface area contributed by atoms with Crippen molar-refractivity contribution in [3.63, 3.8) is 0 Å². The fraction of sp³-hybridized carbons (Fsp3) is 0.333. The lowest BCUT2D eigenvalue weighted by Gasteiger charge is -2.34. The first-order valence-corrected chi connectivity index (χ1v) is 9.23. The Morgan fingerprint density at radius 2 is 2.04 bits per heavy atom. The zero-order valence-electron chi connectivity index (χ0n) is 13.7. The van der Waals surface area contributed by atoms with Crippen LogP contribution in [0.25, 0.3) is 0 Å². The van der Waals surface area contributed by atoms with E-state index in [9.17, 15) is 9.59 Å². The van der Waals surface area contributed by atoms with Crippen LogP contribution in [0.15, 0.2) is 35.0 Å². The number of hydrogen-bond acceptors (Lipinski definition) is 5. The summed E-state index contributed by atoms with van der Waals surface area (Å²) in [7, 11) is 0. The van der Waals surface area contributed by atoms with E-state index < -0.39 is 0 Å². The van der Waals surface area contributed by atoms with Crippen LogP contribution in [0, 0.1) is 0 Å². The van der Waals surface area contributed by atoms with Crippen LogP contribution in [0.1, 0.15) is 15.9 Å². The van der Waals surface area contributed by atoms with Gasteiger partial charge >= 0.3 is 0 Å². The molecule has 6 nitrogen and oxygen atoms in total. The third-order valence-corrected chi connectivity index (χ3v) is 5.24. The molecule has 2 aliphatic heterocycles. The minimum Gasteiger partial charge on any atom is -0.482 e. The highest BCUT2D eigenvalue weighted by Gasteiger charge is 2.24. The summed E-state index contributed by atoms with van der Waals surface area (Å²) < 4.78 is 5.40. The maximum Gasteiger partial charge on any atom is 0.262 e. The van der Waals surface area contributed by atoms with E-state index in [4.69, 9.17) is 4.74 Å². The highest BCUT2D eigenvalue weighted by atomic mass is 32.1. The minimum absolute atomic E-state index is 0.00803. The van der Waals surface area contributed by atoms with Crippen LogP contribution in [-0.4, -0.2) is 54.4 Å². The molecule has 0 atom stereocenters. The van der Waals surface area contributed by atoms with Gasteiger partial charge in [-0.1, -0.05) is 0 Å². The summed E-state index contributed by atoms with van der Waals surface area (Å²) in [5.41, 5.74) is 2.55. The molecular formula is C18H19N3O3S. The Kier molecular flexibility index (Phi) is 4.42. The zero-order valence-corrected chi connectivity index (χ0v) is 14.6. The van der Waals surface area contributed by atoms with Gasteiger partial charge in [-0.15, -0.1) is 0 Å². The molecule has 1 fully saturated rings. The van der Waals surface area contributed by atoms with Crippen molar-refractivity contribution < 1.29 is 14.3 Å². The average Bonchev–Trinajstić information content (AvgIpc) is 3.14. The molecule has 0 unspecified atom stereocenters. The van der Waals surface area contributed by atoms with E-state index in [-0.39, 0.29) is 18.4 Å². The van der Waals surface area contributed by atoms with Crippen molar-refractivity contribution in [1.82, 2.24) is 9.80 Å². The Labute approximate surface area is 150 Å². The van der Waals surface area contributed by atoms with Crippen molar-refractivity contribution in [3.8, 4) is 5.75 Å². The molecule has 0 saturated carbocycles. The van der Waals surface area contributed by atoms with Crippen LogP contribution >= 0.6 is 11.3 Å². The Hall–Kier alpha value is -2.38. The third-order valence-electron chi connectivity index (χ3n) is 4.51. The molecule has 0 bridgehead atoms. The molecule has 1 saturated heterocycles. The quantitative estimate of drug-likeness (QED) is 0.913. The zero-order chi connectivity index (χ0) is 17.2. The first-order valence-electron chi connectivity index (χ1n) is 8.28. The first-order chi connectivity index (χ1) is 12.2. The van der Waals surface area contributed by atoms with Gasteiger partial charge in [0.05, 0.1) is 5.69 Å². The van der Waals surface area contributed by atoms with Gasteiger partial charge in [0.15, 0.2) is 6.61 Å². The molecule has 1 aromatic carbocycles. The van der Waals surface area contributed by atoms with Crippen LogP contribution in [0.5, 0.6) is 5.75 Å². The third kappa shape index (κ3) is 3.52. The molecule has 1 aromatic heterocycles. The molecule has 7 heteroatoms. The summed E-state index contributed by atoms with van der Waals surface area (Å²) in [5.74, 6) is 0.397. The summed E-state index contributed by atoms with van der Waals surface area (Å²) in [6.45, 7) is 4.12. The standard InChI is InChI=1S/C18H19N3O3S/c22-17-11-24-16-9-14(1-2-15(16)19-17)18(23)21-6-4-20(5-7-21)10-13-3-8-25-12-13/h1-3,8-9,12H,4-7,10-11H2,(H,19,22). The lowest BCUT2D eigenvalue weighted by atomic mass is 10.1. The minimum atomic E-state index is -0.173. The second-order valence-electron chi connectivity index (χ2n) is 6.25. The van der Waals surface area contributed by atoms with Gasteiger partial charge in [0.2, 0.25) is 0 Å². The van der Waals surface area contributed by atoms with Crippen molar-refractivity contribution in [2.45, 2.75) is 6.54 Å². The molecular weight excluding hydrogens is 338 g/mol. The molecule has 0 radical (unpaired) electrons. The molecule has 25 heavy (non-hydrogen) atoms. The number of rotatable bonds is 3. The number of benzene rings is 1. The Morgan fingerprint density at radius 1 is 1.20 bits per heavy atom. The predicted octanol–water partition coefficient (Wildman–Crippen LogP) is 2.04. The molecule has 130 valence electrons. The normalized spacial score (nSPS) is 17.6. The summed E-state index contributed by atoms with van der Waals surface area (Å²) in [6.07, 6.45) is 0. The second-order valence-corrected chi connectivity index (χ2v) is 7.03. The topological polar surface area (TPSA) is 61.9 Å². The van der Waals surface area contributed by atoms with Crippen LogP contribution in [0.4, 0.5) is 5.69 Å². The lowest BCUT2D eigenvalue weighted by molar-refractivity contribution is -0.118. The van der Waals surface area contributed by atoms with Gasteiger partial charge < -0.3 is 15.0 Å². The highest BCUT2D eigenvalue weighted by molar-refractivity contribution is 7.07. The monoisotopic (exact) mass is 357 g/mol. The van der Waals surface area contributed by atoms with E-state index in [0.717, 1.165) is 32.7 Å². The lowest BCUT2D eigenvalue weighted by Crippen LogP contribution is -2.48. The molecule has 2 aromatic rings. The molecule has 2 aliphatic rings. The molecule has 4 rings (SSSR count). The van der Waals surface area contributed by atoms with E-state index in [1.807, 2.05) is 4.90 Å². The highest BCUT2D eigenvalue weighted by Crippen LogP contribution is 2.29. The number of nitrogens with one attached hydrogen (secondary N) is 1. The largest absolute Gasteiger partial charge is 0.482 e. The molecule has 0 spiro atoms. The number of amides is 2. The second kappa shape index (κ2) is 6.85. The summed E-state index contributed by atoms with van der Waals surface area (Å²) >= 11 is 1.71. The van der Waals surface area contributed by atoms with Crippen LogP contribution in [-0.2, 0) is 11.3 Å². The number of hydrogen-bond donors (Lipinski definition) is 1. The number of thiophene rings is 1. The van der Waals surface area contributed by atoms with Gasteiger partial charge in [-0.05, 0) is 40.6 Å². The SMILES string of the molecule is O=C1COc2cc(C(=O)N3CCN(Cc4ccsc4)CC3)ccc2N1. The van der Waals surface area contributed by atoms with Gasteiger partial charge in [-0.3, -0.25) is 14.5 Å². The van der Waals surface area contributed by atoms with Crippen LogP contribution in [0.2, 0.25) is 0 Å². The Bertz CT molecular complexity index is 783. The van der Waals surface area contributed by atoms with Crippen molar-refractivity contribution in [3.05, 3.63) is 46.2 Å². The molecule has 2 amide bonds. The maximum absolute atomic E-state index is 12.7. The van der Waals surface area contributed by atoms with Gasteiger partial charge in [0, 0.05) is 38.3 Å². The number of carbonyl (C=O) groups is 2. The fourth-order valence-corrected chi connectivity index (χ4v) is 3.80. The van der Waals surface area contributed by atoms with Crippen LogP contribution < -0.4 is 10.1 Å². The smallest absolute Gasteiger partial charge is 0.262 e. The number of anilines is 1. The summed E-state index contributed by atoms with van der Waals surface area (Å²) in [5, 5.41) is 7.00. The number of fused-ring (bicyclic) bond motifs is 1. The van der Waals surface area contributed by atoms with E-state index in [0.29, 0.717) is 17.0 Å². The Morgan fingerprint density at radius 3 is 2.80 bits per heavy atom. The maximum atomic E-state index is 12.7. The van der Waals surface area contributed by atoms with E-state index in [1.165, 1.54) is 5.56 Å². The summed E-state index contributed by atoms with van der Waals surface area (Å²) in [4.78, 5) is 28.3. The van der Waals surface area contributed by atoms with Gasteiger partial charge in [0.1, 0.15) is 5.75 Å². The van der Waals surface area contributed by atoms with Gasteiger partial charge in [0.25, 0.3) is 11.8 Å². The fourth-order valence-electron chi connectivity index (χ4n) is 3.14. The van der Waals surface area contributed by atoms with E-state index in [2.05, 4.69) is 27.0 Å². The van der Waals surface area contributed by atoms with Gasteiger partial charge in [-0.2, -0.15) is 11.3 Å². The Balaban J connectivity index is 1.38. The van der Waals surface area contributed by atoms with E-state index >= 15 is 0 Å². The number of ether oxygens (including phenoxy) is 1. The van der Waals surface area contributed by atoms with Crippen molar-refractivity contribution in [2.24, 2.45) is 0 Å². The molecule has 0 aliphatic carbocycles.